The molecule has 2 heteroatoms. The highest BCUT2D eigenvalue weighted by molar-refractivity contribution is 5.03. The molecule has 1 saturated heterocycles. The van der Waals surface area contributed by atoms with E-state index in [-0.39, 0.29) is 0 Å². The van der Waals surface area contributed by atoms with Gasteiger partial charge < -0.3 is 10.1 Å². The molecule has 1 fully saturated rings. The van der Waals surface area contributed by atoms with Crippen molar-refractivity contribution in [3.05, 3.63) is 11.6 Å². The summed E-state index contributed by atoms with van der Waals surface area (Å²) in [5, 5.41) is 3.37. The molecule has 0 bridgehead atoms. The van der Waals surface area contributed by atoms with Gasteiger partial charge in [0.2, 0.25) is 0 Å². The molecule has 0 amide bonds. The molecule has 1 aliphatic rings. The first-order valence-corrected chi connectivity index (χ1v) is 5.14. The van der Waals surface area contributed by atoms with Gasteiger partial charge in [-0.2, -0.15) is 0 Å². The van der Waals surface area contributed by atoms with E-state index in [1.165, 1.54) is 18.4 Å². The lowest BCUT2D eigenvalue weighted by Crippen LogP contribution is -2.35. The summed E-state index contributed by atoms with van der Waals surface area (Å²) in [7, 11) is 2.04. The Balaban J connectivity index is 2.49. The normalized spacial score (nSPS) is 21.2. The molecule has 0 aromatic heterocycles. The van der Waals surface area contributed by atoms with E-state index in [0.717, 1.165) is 19.1 Å². The van der Waals surface area contributed by atoms with E-state index in [1.54, 1.807) is 0 Å². The molecule has 1 aliphatic heterocycles. The lowest BCUT2D eigenvalue weighted by Gasteiger charge is -2.28. The largest absolute Gasteiger partial charge is 0.381 e. The average Bonchev–Trinajstić information content (AvgIpc) is 2.15. The molecule has 76 valence electrons. The van der Waals surface area contributed by atoms with Gasteiger partial charge in [-0.25, -0.2) is 0 Å². The Bertz CT molecular complexity index is 167. The highest BCUT2D eigenvalue weighted by atomic mass is 16.5. The number of hydrogen-bond acceptors (Lipinski definition) is 2. The molecule has 1 atom stereocenters. The summed E-state index contributed by atoms with van der Waals surface area (Å²) < 4.78 is 5.35. The summed E-state index contributed by atoms with van der Waals surface area (Å²) in [6.45, 7) is 6.17. The minimum absolute atomic E-state index is 0.536. The van der Waals surface area contributed by atoms with Gasteiger partial charge >= 0.3 is 0 Å². The Hall–Kier alpha value is -0.340. The van der Waals surface area contributed by atoms with Crippen molar-refractivity contribution in [2.45, 2.75) is 32.7 Å². The van der Waals surface area contributed by atoms with Crippen molar-refractivity contribution in [3.8, 4) is 0 Å². The fraction of sp³-hybridized carbons (Fsp3) is 0.818. The number of ether oxygens (including phenoxy) is 1. The van der Waals surface area contributed by atoms with Crippen LogP contribution in [0.15, 0.2) is 11.6 Å². The van der Waals surface area contributed by atoms with E-state index in [0.29, 0.717) is 6.04 Å². The van der Waals surface area contributed by atoms with Gasteiger partial charge in [-0.1, -0.05) is 11.6 Å². The van der Waals surface area contributed by atoms with Gasteiger partial charge in [0.05, 0.1) is 0 Å². The van der Waals surface area contributed by atoms with Crippen LogP contribution in [0.25, 0.3) is 0 Å². The van der Waals surface area contributed by atoms with Crippen LogP contribution < -0.4 is 5.32 Å². The first-order valence-electron chi connectivity index (χ1n) is 5.14. The maximum Gasteiger partial charge on any atom is 0.0469 e. The highest BCUT2D eigenvalue weighted by Crippen LogP contribution is 2.20. The first kappa shape index (κ1) is 10.7. The van der Waals surface area contributed by atoms with Gasteiger partial charge in [0.15, 0.2) is 0 Å². The fourth-order valence-corrected chi connectivity index (χ4v) is 1.89. The molecular formula is C11H21NO. The van der Waals surface area contributed by atoms with Crippen molar-refractivity contribution < 1.29 is 4.74 Å². The predicted molar refractivity (Wildman–Crippen MR) is 55.8 cm³/mol. The van der Waals surface area contributed by atoms with Gasteiger partial charge in [-0.15, -0.1) is 0 Å². The van der Waals surface area contributed by atoms with Crippen molar-refractivity contribution in [2.75, 3.05) is 20.3 Å². The van der Waals surface area contributed by atoms with Crippen molar-refractivity contribution in [3.63, 3.8) is 0 Å². The van der Waals surface area contributed by atoms with E-state index in [9.17, 15) is 0 Å². The monoisotopic (exact) mass is 183 g/mol. The number of rotatable bonds is 3. The van der Waals surface area contributed by atoms with Gasteiger partial charge in [-0.3, -0.25) is 0 Å². The SMILES string of the molecule is CNC(C=C(C)C)C1CCOCC1. The summed E-state index contributed by atoms with van der Waals surface area (Å²) in [5.74, 6) is 0.758. The van der Waals surface area contributed by atoms with Crippen molar-refractivity contribution in [1.29, 1.82) is 0 Å². The molecule has 0 aromatic carbocycles. The molecule has 13 heavy (non-hydrogen) atoms. The van der Waals surface area contributed by atoms with Crippen molar-refractivity contribution in [2.24, 2.45) is 5.92 Å². The second-order valence-electron chi connectivity index (χ2n) is 4.01. The average molecular weight is 183 g/mol. The molecule has 2 nitrogen and oxygen atoms in total. The molecule has 0 saturated carbocycles. The van der Waals surface area contributed by atoms with E-state index in [1.807, 2.05) is 7.05 Å². The molecule has 0 spiro atoms. The van der Waals surface area contributed by atoms with E-state index < -0.39 is 0 Å². The topological polar surface area (TPSA) is 21.3 Å². The van der Waals surface area contributed by atoms with E-state index in [2.05, 4.69) is 25.2 Å². The third kappa shape index (κ3) is 3.49. The highest BCUT2D eigenvalue weighted by Gasteiger charge is 2.20. The number of nitrogens with one attached hydrogen (secondary N) is 1. The van der Waals surface area contributed by atoms with Crippen LogP contribution in [0.2, 0.25) is 0 Å². The molecule has 0 aliphatic carbocycles. The quantitative estimate of drug-likeness (QED) is 0.675. The summed E-state index contributed by atoms with van der Waals surface area (Å²) in [6, 6.07) is 0.536. The Labute approximate surface area is 81.4 Å². The minimum Gasteiger partial charge on any atom is -0.381 e. The van der Waals surface area contributed by atoms with Crippen LogP contribution in [0.3, 0.4) is 0 Å². The zero-order valence-corrected chi connectivity index (χ0v) is 8.97. The Morgan fingerprint density at radius 3 is 2.46 bits per heavy atom. The fourth-order valence-electron chi connectivity index (χ4n) is 1.89. The van der Waals surface area contributed by atoms with Gasteiger partial charge in [0.1, 0.15) is 0 Å². The van der Waals surface area contributed by atoms with Crippen molar-refractivity contribution in [1.82, 2.24) is 5.32 Å². The zero-order chi connectivity index (χ0) is 9.68. The molecule has 1 heterocycles. The maximum atomic E-state index is 5.35. The second-order valence-corrected chi connectivity index (χ2v) is 4.01. The predicted octanol–water partition coefficient (Wildman–Crippen LogP) is 1.97. The van der Waals surface area contributed by atoms with Gasteiger partial charge in [0, 0.05) is 19.3 Å². The van der Waals surface area contributed by atoms with Crippen LogP contribution >= 0.6 is 0 Å². The summed E-state index contributed by atoms with van der Waals surface area (Å²) in [4.78, 5) is 0. The van der Waals surface area contributed by atoms with Crippen LogP contribution in [0.1, 0.15) is 26.7 Å². The summed E-state index contributed by atoms with van der Waals surface area (Å²) in [6.07, 6.45) is 4.71. The van der Waals surface area contributed by atoms with Crippen LogP contribution in [0.5, 0.6) is 0 Å². The molecule has 1 rings (SSSR count). The molecule has 1 unspecified atom stereocenters. The Morgan fingerprint density at radius 2 is 2.00 bits per heavy atom. The lowest BCUT2D eigenvalue weighted by atomic mass is 9.91. The van der Waals surface area contributed by atoms with Crippen molar-refractivity contribution >= 4 is 0 Å². The minimum atomic E-state index is 0.536. The van der Waals surface area contributed by atoms with E-state index >= 15 is 0 Å². The smallest absolute Gasteiger partial charge is 0.0469 e. The summed E-state index contributed by atoms with van der Waals surface area (Å²) >= 11 is 0. The number of allylic oxidation sites excluding steroid dienone is 1. The third-order valence-electron chi connectivity index (χ3n) is 2.62. The zero-order valence-electron chi connectivity index (χ0n) is 8.97. The molecule has 0 radical (unpaired) electrons. The summed E-state index contributed by atoms with van der Waals surface area (Å²) in [5.41, 5.74) is 1.39. The standard InChI is InChI=1S/C11H21NO/c1-9(2)8-11(12-3)10-4-6-13-7-5-10/h8,10-12H,4-7H2,1-3H3. The van der Waals surface area contributed by atoms with Crippen LogP contribution in [0, 0.1) is 5.92 Å². The lowest BCUT2D eigenvalue weighted by molar-refractivity contribution is 0.0599. The molecule has 0 aromatic rings. The Kier molecular flexibility index (Phi) is 4.46. The maximum absolute atomic E-state index is 5.35. The van der Waals surface area contributed by atoms with E-state index in [4.69, 9.17) is 4.74 Å². The van der Waals surface area contributed by atoms with Crippen LogP contribution in [-0.4, -0.2) is 26.3 Å². The van der Waals surface area contributed by atoms with Gasteiger partial charge in [-0.05, 0) is 39.7 Å². The number of hydrogen-bond donors (Lipinski definition) is 1. The third-order valence-corrected chi connectivity index (χ3v) is 2.62. The van der Waals surface area contributed by atoms with Gasteiger partial charge in [0.25, 0.3) is 0 Å². The molecule has 1 N–H and O–H groups in total. The number of likely N-dealkylation sites (N-methyl/N-ethyl adjacent to an activating group) is 1. The Morgan fingerprint density at radius 1 is 1.38 bits per heavy atom. The second kappa shape index (κ2) is 5.40. The molecular weight excluding hydrogens is 162 g/mol. The van der Waals surface area contributed by atoms with Crippen LogP contribution in [-0.2, 0) is 4.74 Å². The van der Waals surface area contributed by atoms with Crippen LogP contribution in [0.4, 0.5) is 0 Å². The first-order chi connectivity index (χ1) is 6.24.